The Morgan fingerprint density at radius 2 is 2.06 bits per heavy atom. The Labute approximate surface area is 109 Å². The van der Waals surface area contributed by atoms with E-state index in [1.807, 2.05) is 37.3 Å². The molecular formula is C14H24N2O2. The lowest BCUT2D eigenvalue weighted by Gasteiger charge is -2.17. The van der Waals surface area contributed by atoms with E-state index in [-0.39, 0.29) is 6.10 Å². The van der Waals surface area contributed by atoms with E-state index in [1.54, 1.807) is 0 Å². The molecule has 1 aromatic rings. The minimum absolute atomic E-state index is 0.00453. The molecule has 0 fully saturated rings. The minimum Gasteiger partial charge on any atom is -0.389 e. The number of aliphatic hydroxyl groups excluding tert-OH is 1. The van der Waals surface area contributed by atoms with Gasteiger partial charge in [0.2, 0.25) is 0 Å². The molecular weight excluding hydrogens is 228 g/mol. The van der Waals surface area contributed by atoms with Crippen molar-refractivity contribution in [1.82, 2.24) is 5.32 Å². The third-order valence-electron chi connectivity index (χ3n) is 2.75. The van der Waals surface area contributed by atoms with Crippen LogP contribution >= 0.6 is 0 Å². The van der Waals surface area contributed by atoms with Crippen molar-refractivity contribution in [1.29, 1.82) is 0 Å². The zero-order chi connectivity index (χ0) is 13.2. The minimum atomic E-state index is -0.478. The lowest BCUT2D eigenvalue weighted by molar-refractivity contribution is -0.00195. The smallest absolute Gasteiger partial charge is 0.0897 e. The van der Waals surface area contributed by atoms with Crippen molar-refractivity contribution in [3.05, 3.63) is 35.9 Å². The molecule has 0 aliphatic carbocycles. The van der Waals surface area contributed by atoms with Gasteiger partial charge in [0.25, 0.3) is 0 Å². The average molecular weight is 252 g/mol. The fourth-order valence-corrected chi connectivity index (χ4v) is 1.63. The summed E-state index contributed by atoms with van der Waals surface area (Å²) < 4.78 is 5.63. The number of hydrogen-bond acceptors (Lipinski definition) is 4. The molecule has 0 amide bonds. The molecule has 102 valence electrons. The fraction of sp³-hybridized carbons (Fsp3) is 0.571. The van der Waals surface area contributed by atoms with Crippen LogP contribution in [0.25, 0.3) is 0 Å². The lowest BCUT2D eigenvalue weighted by Crippen LogP contribution is -2.32. The molecule has 0 aliphatic heterocycles. The highest BCUT2D eigenvalue weighted by Gasteiger charge is 2.09. The summed E-state index contributed by atoms with van der Waals surface area (Å²) in [5, 5.41) is 12.9. The van der Waals surface area contributed by atoms with E-state index >= 15 is 0 Å². The van der Waals surface area contributed by atoms with Gasteiger partial charge in [0.05, 0.1) is 18.8 Å². The number of benzene rings is 1. The summed E-state index contributed by atoms with van der Waals surface area (Å²) in [7, 11) is 0. The van der Waals surface area contributed by atoms with Gasteiger partial charge in [-0.2, -0.15) is 0 Å². The molecule has 4 nitrogen and oxygen atoms in total. The first-order valence-electron chi connectivity index (χ1n) is 6.49. The van der Waals surface area contributed by atoms with E-state index < -0.39 is 6.10 Å². The molecule has 2 unspecified atom stereocenters. The second kappa shape index (κ2) is 9.05. The number of nitrogens with two attached hydrogens (primary N) is 1. The van der Waals surface area contributed by atoms with Crippen LogP contribution in [0.3, 0.4) is 0 Å². The van der Waals surface area contributed by atoms with Crippen LogP contribution in [0.4, 0.5) is 0 Å². The zero-order valence-corrected chi connectivity index (χ0v) is 11.0. The Balaban J connectivity index is 2.16. The summed E-state index contributed by atoms with van der Waals surface area (Å²) in [6.07, 6.45) is 0.451. The first kappa shape index (κ1) is 15.1. The number of aliphatic hydroxyl groups is 1. The Kier molecular flexibility index (Phi) is 7.60. The molecule has 1 rings (SSSR count). The summed E-state index contributed by atoms with van der Waals surface area (Å²) in [5.74, 6) is 0. The van der Waals surface area contributed by atoms with Crippen molar-refractivity contribution >= 4 is 0 Å². The van der Waals surface area contributed by atoms with Crippen LogP contribution in [-0.2, 0) is 4.74 Å². The largest absolute Gasteiger partial charge is 0.389 e. The molecule has 0 saturated carbocycles. The fourth-order valence-electron chi connectivity index (χ4n) is 1.63. The maximum Gasteiger partial charge on any atom is 0.0897 e. The molecule has 18 heavy (non-hydrogen) atoms. The van der Waals surface area contributed by atoms with Crippen LogP contribution in [0.15, 0.2) is 30.3 Å². The van der Waals surface area contributed by atoms with Gasteiger partial charge in [-0.25, -0.2) is 0 Å². The monoisotopic (exact) mass is 252 g/mol. The molecule has 2 atom stereocenters. The Bertz CT molecular complexity index is 306. The van der Waals surface area contributed by atoms with E-state index in [0.717, 1.165) is 18.5 Å². The predicted molar refractivity (Wildman–Crippen MR) is 73.4 cm³/mol. The van der Waals surface area contributed by atoms with Crippen LogP contribution in [0.5, 0.6) is 0 Å². The van der Waals surface area contributed by atoms with Crippen LogP contribution < -0.4 is 11.1 Å². The number of rotatable bonds is 9. The Morgan fingerprint density at radius 1 is 1.33 bits per heavy atom. The van der Waals surface area contributed by atoms with Gasteiger partial charge in [-0.05, 0) is 32.0 Å². The maximum absolute atomic E-state index is 9.73. The lowest BCUT2D eigenvalue weighted by atomic mass is 10.1. The highest BCUT2D eigenvalue weighted by atomic mass is 16.5. The number of ether oxygens (including phenoxy) is 1. The maximum atomic E-state index is 9.73. The summed E-state index contributed by atoms with van der Waals surface area (Å²) in [4.78, 5) is 0. The van der Waals surface area contributed by atoms with Gasteiger partial charge in [0.1, 0.15) is 0 Å². The molecule has 4 N–H and O–H groups in total. The standard InChI is InChI=1S/C14H24N2O2/c1-12(13-6-3-2-4-7-13)18-11-14(17)10-16-9-5-8-15/h2-4,6-7,12,14,16-17H,5,8-11,15H2,1H3. The molecule has 4 heteroatoms. The zero-order valence-electron chi connectivity index (χ0n) is 11.0. The third kappa shape index (κ3) is 6.12. The number of nitrogens with one attached hydrogen (secondary N) is 1. The van der Waals surface area contributed by atoms with Gasteiger partial charge in [-0.15, -0.1) is 0 Å². The van der Waals surface area contributed by atoms with Gasteiger partial charge < -0.3 is 20.9 Å². The summed E-state index contributed by atoms with van der Waals surface area (Å²) in [6.45, 7) is 4.38. The van der Waals surface area contributed by atoms with Crippen molar-refractivity contribution in [2.24, 2.45) is 5.73 Å². The highest BCUT2D eigenvalue weighted by Crippen LogP contribution is 2.15. The first-order valence-corrected chi connectivity index (χ1v) is 6.49. The normalized spacial score (nSPS) is 14.4. The van der Waals surface area contributed by atoms with Crippen LogP contribution in [0.1, 0.15) is 25.0 Å². The van der Waals surface area contributed by atoms with Crippen molar-refractivity contribution in [3.8, 4) is 0 Å². The van der Waals surface area contributed by atoms with Crippen LogP contribution in [-0.4, -0.2) is 37.5 Å². The van der Waals surface area contributed by atoms with Crippen molar-refractivity contribution < 1.29 is 9.84 Å². The summed E-state index contributed by atoms with van der Waals surface area (Å²) >= 11 is 0. The van der Waals surface area contributed by atoms with Gasteiger partial charge in [-0.3, -0.25) is 0 Å². The Hall–Kier alpha value is -0.940. The molecule has 0 radical (unpaired) electrons. The van der Waals surface area contributed by atoms with E-state index in [9.17, 15) is 5.11 Å². The van der Waals surface area contributed by atoms with Crippen molar-refractivity contribution in [3.63, 3.8) is 0 Å². The second-order valence-corrected chi connectivity index (χ2v) is 4.39. The van der Waals surface area contributed by atoms with Crippen LogP contribution in [0.2, 0.25) is 0 Å². The predicted octanol–water partition coefficient (Wildman–Crippen LogP) is 1.06. The molecule has 0 saturated heterocycles. The molecule has 0 bridgehead atoms. The second-order valence-electron chi connectivity index (χ2n) is 4.39. The summed E-state index contributed by atoms with van der Waals surface area (Å²) in [6, 6.07) is 10.00. The van der Waals surface area contributed by atoms with Crippen LogP contribution in [0, 0.1) is 0 Å². The molecule has 0 aliphatic rings. The molecule has 0 heterocycles. The van der Waals surface area contributed by atoms with Gasteiger partial charge >= 0.3 is 0 Å². The van der Waals surface area contributed by atoms with Gasteiger partial charge in [-0.1, -0.05) is 30.3 Å². The van der Waals surface area contributed by atoms with E-state index in [1.165, 1.54) is 0 Å². The van der Waals surface area contributed by atoms with Crippen molar-refractivity contribution in [2.75, 3.05) is 26.2 Å². The topological polar surface area (TPSA) is 67.5 Å². The van der Waals surface area contributed by atoms with Gasteiger partial charge in [0, 0.05) is 6.54 Å². The summed E-state index contributed by atoms with van der Waals surface area (Å²) in [5.41, 5.74) is 6.51. The number of hydrogen-bond donors (Lipinski definition) is 3. The van der Waals surface area contributed by atoms with E-state index in [2.05, 4.69) is 5.32 Å². The van der Waals surface area contributed by atoms with Gasteiger partial charge in [0.15, 0.2) is 0 Å². The highest BCUT2D eigenvalue weighted by molar-refractivity contribution is 5.16. The first-order chi connectivity index (χ1) is 8.74. The Morgan fingerprint density at radius 3 is 2.72 bits per heavy atom. The average Bonchev–Trinajstić information content (AvgIpc) is 2.42. The van der Waals surface area contributed by atoms with Crippen molar-refractivity contribution in [2.45, 2.75) is 25.6 Å². The molecule has 0 spiro atoms. The molecule has 0 aromatic heterocycles. The SMILES string of the molecule is CC(OCC(O)CNCCCN)c1ccccc1. The third-order valence-corrected chi connectivity index (χ3v) is 2.75. The molecule has 1 aromatic carbocycles. The van der Waals surface area contributed by atoms with E-state index in [4.69, 9.17) is 10.5 Å². The van der Waals surface area contributed by atoms with E-state index in [0.29, 0.717) is 19.7 Å². The quantitative estimate of drug-likeness (QED) is 0.575.